The number of pyridine rings is 1. The number of aromatic nitrogens is 6. The van der Waals surface area contributed by atoms with Gasteiger partial charge in [0.25, 0.3) is 5.56 Å². The van der Waals surface area contributed by atoms with E-state index in [2.05, 4.69) is 15.1 Å². The van der Waals surface area contributed by atoms with Gasteiger partial charge in [0.1, 0.15) is 23.7 Å². The summed E-state index contributed by atoms with van der Waals surface area (Å²) < 4.78 is 9.52. The number of nitrogens with one attached hydrogen (secondary N) is 1. The monoisotopic (exact) mass is 444 g/mol. The number of hydrogen-bond donors (Lipinski definition) is 2. The van der Waals surface area contributed by atoms with Crippen LogP contribution in [-0.4, -0.2) is 24.3 Å². The average Bonchev–Trinajstić information content (AvgIpc) is 3.35. The fourth-order valence-electron chi connectivity index (χ4n) is 3.98. The second-order valence-corrected chi connectivity index (χ2v) is 7.91. The molecule has 1 aromatic carbocycles. The van der Waals surface area contributed by atoms with Gasteiger partial charge in [-0.05, 0) is 19.9 Å². The van der Waals surface area contributed by atoms with E-state index in [9.17, 15) is 9.59 Å². The summed E-state index contributed by atoms with van der Waals surface area (Å²) in [6, 6.07) is 11.4. The van der Waals surface area contributed by atoms with E-state index in [1.54, 1.807) is 33.2 Å². The summed E-state index contributed by atoms with van der Waals surface area (Å²) in [7, 11) is 1.69. The summed E-state index contributed by atoms with van der Waals surface area (Å²) in [5.74, 6) is 0.668. The van der Waals surface area contributed by atoms with Crippen LogP contribution in [0.4, 0.5) is 5.95 Å². The van der Waals surface area contributed by atoms with Crippen LogP contribution in [0.3, 0.4) is 0 Å². The van der Waals surface area contributed by atoms with Gasteiger partial charge in [-0.15, -0.1) is 9.38 Å². The molecule has 5 rings (SSSR count). The van der Waals surface area contributed by atoms with Gasteiger partial charge in [0.15, 0.2) is 6.39 Å². The molecular weight excluding hydrogens is 422 g/mol. The number of H-pyrrole nitrogens is 1. The molecule has 3 N–H and O–H groups in total. The van der Waals surface area contributed by atoms with E-state index in [1.807, 2.05) is 30.3 Å². The van der Waals surface area contributed by atoms with E-state index in [0.29, 0.717) is 33.9 Å². The van der Waals surface area contributed by atoms with Crippen LogP contribution in [0.1, 0.15) is 17.0 Å². The van der Waals surface area contributed by atoms with E-state index in [0.717, 1.165) is 11.1 Å². The molecule has 0 fully saturated rings. The molecule has 166 valence electrons. The number of rotatable bonds is 4. The number of benzene rings is 1. The van der Waals surface area contributed by atoms with Crippen LogP contribution in [0.25, 0.3) is 28.0 Å². The van der Waals surface area contributed by atoms with E-state index in [-0.39, 0.29) is 23.7 Å². The summed E-state index contributed by atoms with van der Waals surface area (Å²) in [5, 5.41) is 3.18. The van der Waals surface area contributed by atoms with Gasteiger partial charge >= 0.3 is 11.6 Å². The molecule has 0 radical (unpaired) electrons. The van der Waals surface area contributed by atoms with Gasteiger partial charge in [0.05, 0.1) is 5.56 Å². The van der Waals surface area contributed by atoms with Gasteiger partial charge in [-0.1, -0.05) is 30.3 Å². The number of nitrogen functional groups attached to an aromatic ring is 1. The molecule has 0 unspecified atom stereocenters. The average molecular weight is 444 g/mol. The Morgan fingerprint density at radius 3 is 2.58 bits per heavy atom. The van der Waals surface area contributed by atoms with Crippen molar-refractivity contribution in [2.24, 2.45) is 7.05 Å². The Morgan fingerprint density at radius 1 is 1.15 bits per heavy atom. The highest BCUT2D eigenvalue weighted by molar-refractivity contribution is 5.88. The Hall–Kier alpha value is -4.47. The minimum absolute atomic E-state index is 0.0472. The molecule has 0 saturated heterocycles. The highest BCUT2D eigenvalue weighted by Gasteiger charge is 2.26. The number of aromatic amines is 1. The fourth-order valence-corrected chi connectivity index (χ4v) is 3.98. The van der Waals surface area contributed by atoms with Gasteiger partial charge in [-0.25, -0.2) is 14.9 Å². The van der Waals surface area contributed by atoms with Crippen molar-refractivity contribution in [3.63, 3.8) is 0 Å². The van der Waals surface area contributed by atoms with Crippen molar-refractivity contribution in [3.8, 4) is 22.4 Å². The molecule has 0 aliphatic heterocycles. The summed E-state index contributed by atoms with van der Waals surface area (Å²) in [5.41, 5.74) is 10.2. The number of fused-ring (bicyclic) bond motifs is 1. The van der Waals surface area contributed by atoms with Crippen LogP contribution < -0.4 is 21.4 Å². The van der Waals surface area contributed by atoms with Crippen LogP contribution in [0.15, 0.2) is 63.0 Å². The zero-order chi connectivity index (χ0) is 23.3. The largest absolute Gasteiger partial charge is 0.448 e. The normalized spacial score (nSPS) is 11.4. The Bertz CT molecular complexity index is 1600. The number of nitrogens with zero attached hydrogens (tertiary/aromatic N) is 5. The molecule has 4 aromatic heterocycles. The maximum atomic E-state index is 13.3. The molecule has 4 heterocycles. The lowest BCUT2D eigenvalue weighted by atomic mass is 10.0. The topological polar surface area (TPSA) is 129 Å². The first kappa shape index (κ1) is 20.4. The van der Waals surface area contributed by atoms with E-state index >= 15 is 0 Å². The van der Waals surface area contributed by atoms with Crippen LogP contribution in [0.2, 0.25) is 0 Å². The Morgan fingerprint density at radius 2 is 1.91 bits per heavy atom. The molecule has 0 saturated carbocycles. The van der Waals surface area contributed by atoms with Crippen molar-refractivity contribution in [1.29, 1.82) is 0 Å². The number of hydrogen-bond acceptors (Lipinski definition) is 6. The minimum Gasteiger partial charge on any atom is -0.448 e. The third-order valence-electron chi connectivity index (χ3n) is 5.67. The molecule has 10 heteroatoms. The third kappa shape index (κ3) is 3.32. The van der Waals surface area contributed by atoms with Gasteiger partial charge in [0, 0.05) is 29.9 Å². The molecule has 5 aromatic rings. The quantitative estimate of drug-likeness (QED) is 0.405. The second kappa shape index (κ2) is 7.59. The smallest absolute Gasteiger partial charge is 0.428 e. The van der Waals surface area contributed by atoms with Gasteiger partial charge in [0.2, 0.25) is 5.65 Å². The third-order valence-corrected chi connectivity index (χ3v) is 5.67. The Balaban J connectivity index is 1.86. The number of nitrogens with two attached hydrogens (primary N) is 1. The molecule has 0 bridgehead atoms. The molecule has 0 atom stereocenters. The summed E-state index contributed by atoms with van der Waals surface area (Å²) in [4.78, 5) is 34.4. The Labute approximate surface area is 187 Å². The molecule has 0 aliphatic carbocycles. The number of oxazole rings is 1. The first-order valence-corrected chi connectivity index (χ1v) is 10.3. The number of aryl methyl sites for hydroxylation is 3. The molecule has 0 amide bonds. The molecule has 0 aliphatic rings. The number of anilines is 1. The molecular formula is C23H22N7O3+. The van der Waals surface area contributed by atoms with Crippen molar-refractivity contribution in [3.05, 3.63) is 86.8 Å². The van der Waals surface area contributed by atoms with E-state index in [1.165, 1.54) is 20.0 Å². The lowest BCUT2D eigenvalue weighted by Gasteiger charge is -2.10. The second-order valence-electron chi connectivity index (χ2n) is 7.91. The fraction of sp³-hybridized carbons (Fsp3) is 0.174. The van der Waals surface area contributed by atoms with Crippen molar-refractivity contribution >= 4 is 11.6 Å². The SMILES string of the molecule is Cc1ocnc1Cn1[nH]c2c(-c3cc(C)c(=O)n(C)c3)c(-c3ccccc3)nc(N)[n+]2c1=O. The minimum atomic E-state index is -0.389. The lowest BCUT2D eigenvalue weighted by Crippen LogP contribution is -2.44. The first-order valence-electron chi connectivity index (χ1n) is 10.3. The van der Waals surface area contributed by atoms with Crippen LogP contribution in [-0.2, 0) is 13.6 Å². The zero-order valence-electron chi connectivity index (χ0n) is 18.4. The van der Waals surface area contributed by atoms with Gasteiger partial charge < -0.3 is 14.7 Å². The zero-order valence-corrected chi connectivity index (χ0v) is 18.4. The summed E-state index contributed by atoms with van der Waals surface area (Å²) in [6.07, 6.45) is 3.07. The maximum Gasteiger partial charge on any atom is 0.428 e. The van der Waals surface area contributed by atoms with Gasteiger partial charge in [-0.2, -0.15) is 4.68 Å². The summed E-state index contributed by atoms with van der Waals surface area (Å²) >= 11 is 0. The standard InChI is InChI=1S/C23H21N7O3/c1-13-9-16(10-28(3)21(13)31)18-19(15-7-5-4-6-8-15)26-22(24)30-20(18)27-29(23(30)32)11-17-14(2)33-12-25-17/h4-10,12H,11H2,1-3H3,(H2,24,26,27)/p+1. The highest BCUT2D eigenvalue weighted by atomic mass is 16.3. The predicted octanol–water partition coefficient (Wildman–Crippen LogP) is 1.58. The maximum absolute atomic E-state index is 13.3. The van der Waals surface area contributed by atoms with E-state index in [4.69, 9.17) is 10.2 Å². The van der Waals surface area contributed by atoms with E-state index < -0.39 is 0 Å². The van der Waals surface area contributed by atoms with Crippen molar-refractivity contribution < 1.29 is 8.82 Å². The van der Waals surface area contributed by atoms with Crippen molar-refractivity contribution in [2.75, 3.05) is 5.73 Å². The van der Waals surface area contributed by atoms with Crippen molar-refractivity contribution in [1.82, 2.24) is 24.3 Å². The first-order chi connectivity index (χ1) is 15.8. The van der Waals surface area contributed by atoms with Crippen molar-refractivity contribution in [2.45, 2.75) is 20.4 Å². The lowest BCUT2D eigenvalue weighted by molar-refractivity contribution is -0.516. The molecule has 33 heavy (non-hydrogen) atoms. The predicted molar refractivity (Wildman–Crippen MR) is 122 cm³/mol. The molecule has 10 nitrogen and oxygen atoms in total. The van der Waals surface area contributed by atoms with Crippen LogP contribution >= 0.6 is 0 Å². The molecule has 0 spiro atoms. The van der Waals surface area contributed by atoms with Crippen LogP contribution in [0.5, 0.6) is 0 Å². The summed E-state index contributed by atoms with van der Waals surface area (Å²) in [6.45, 7) is 3.71. The Kier molecular flexibility index (Phi) is 4.70. The van der Waals surface area contributed by atoms with Gasteiger partial charge in [-0.3, -0.25) is 4.79 Å². The highest BCUT2D eigenvalue weighted by Crippen LogP contribution is 2.32. The van der Waals surface area contributed by atoms with Crippen LogP contribution in [0, 0.1) is 13.8 Å².